The molecule has 0 spiro atoms. The molecule has 54 heavy (non-hydrogen) atoms. The molecule has 0 aliphatic heterocycles. The molecule has 6 aromatic carbocycles. The van der Waals surface area contributed by atoms with Gasteiger partial charge >= 0.3 is 321 Å². The van der Waals surface area contributed by atoms with Crippen LogP contribution >= 0.6 is 24.8 Å². The van der Waals surface area contributed by atoms with Crippen LogP contribution in [-0.2, 0) is 38.2 Å². The maximum atomic E-state index is 2.61. The summed E-state index contributed by atoms with van der Waals surface area (Å²) < 4.78 is 4.92. The van der Waals surface area contributed by atoms with Crippen LogP contribution in [0, 0.1) is 0 Å². The number of hydrogen-bond acceptors (Lipinski definition) is 0. The Morgan fingerprint density at radius 2 is 1.04 bits per heavy atom. The summed E-state index contributed by atoms with van der Waals surface area (Å²) >= 11 is -3.25. The van der Waals surface area contributed by atoms with Crippen LogP contribution in [0.15, 0.2) is 161 Å². The summed E-state index contributed by atoms with van der Waals surface area (Å²) in [5, 5.41) is 0. The Hall–Kier alpha value is -3.88. The van der Waals surface area contributed by atoms with Gasteiger partial charge in [0.2, 0.25) is 0 Å². The molecule has 0 bridgehead atoms. The number of benzene rings is 6. The minimum atomic E-state index is -3.25. The van der Waals surface area contributed by atoms with E-state index in [2.05, 4.69) is 199 Å². The second-order valence-corrected chi connectivity index (χ2v) is 25.1. The summed E-state index contributed by atoms with van der Waals surface area (Å²) in [4.78, 5) is 0. The maximum absolute atomic E-state index is 3.25. The molecule has 0 atom stereocenters. The number of allylic oxidation sites excluding steroid dienone is 4. The normalized spacial score (nSPS) is 13.0. The molecule has 0 radical (unpaired) electrons. The molecule has 2 aliphatic carbocycles. The minimum Gasteiger partial charge on any atom is -0.147 e. The third kappa shape index (κ3) is 7.53. The van der Waals surface area contributed by atoms with Gasteiger partial charge in [-0.15, -0.1) is 24.8 Å². The van der Waals surface area contributed by atoms with Gasteiger partial charge in [-0.25, -0.2) is 0 Å². The summed E-state index contributed by atoms with van der Waals surface area (Å²) in [6, 6.07) is 52.8. The van der Waals surface area contributed by atoms with Crippen molar-refractivity contribution in [3.8, 4) is 33.4 Å². The fraction of sp³-hybridized carbons (Fsp3) is 0.196. The molecule has 2 aliphatic rings. The summed E-state index contributed by atoms with van der Waals surface area (Å²) in [6.07, 6.45) is 9.19. The van der Waals surface area contributed by atoms with Crippen molar-refractivity contribution in [3.63, 3.8) is 0 Å². The van der Waals surface area contributed by atoms with Crippen LogP contribution in [-0.4, -0.2) is 3.26 Å². The van der Waals surface area contributed by atoms with Crippen molar-refractivity contribution >= 4 is 31.4 Å². The van der Waals surface area contributed by atoms with Crippen molar-refractivity contribution in [2.45, 2.75) is 65.2 Å². The minimum absolute atomic E-state index is 0. The van der Waals surface area contributed by atoms with Crippen LogP contribution < -0.4 is 3.32 Å². The first-order chi connectivity index (χ1) is 25.1. The van der Waals surface area contributed by atoms with Gasteiger partial charge in [0.1, 0.15) is 0 Å². The molecule has 3 heteroatoms. The second kappa shape index (κ2) is 16.1. The molecule has 8 rings (SSSR count). The summed E-state index contributed by atoms with van der Waals surface area (Å²) in [7, 11) is 0. The van der Waals surface area contributed by atoms with Crippen LogP contribution in [0.1, 0.15) is 81.3 Å². The average molecular weight is 912 g/mol. The van der Waals surface area contributed by atoms with Gasteiger partial charge < -0.3 is 0 Å². The summed E-state index contributed by atoms with van der Waals surface area (Å²) in [5.74, 6) is 0. The standard InChI is InChI=1S/C33H33.C13H10.C5H5.2ClH.Hf/c1-32(2,3)30-20-26-24(18-28(30)22-13-9-7-10-14-22)17-25-19-29(23-15-11-8-12-16-23)31(21-27(25)26)33(4,5)6;1-3-7-12(8-4-1)11-13-9-5-2-6-10-13;1-2-4-5-3-1;;;/h7-16,18,20-21H,17H2,1-6H3;1-10H;1-3H,4H2;2*1H;. The molecule has 0 unspecified atom stereocenters. The van der Waals surface area contributed by atoms with Crippen molar-refractivity contribution in [2.24, 2.45) is 0 Å². The molecule has 0 nitrogen and oxygen atoms in total. The first-order valence-corrected chi connectivity index (χ1v) is 24.2. The molecule has 0 saturated heterocycles. The Kier molecular flexibility index (Phi) is 11.8. The number of fused-ring (bicyclic) bond motifs is 3. The van der Waals surface area contributed by atoms with Crippen molar-refractivity contribution in [1.29, 1.82) is 0 Å². The van der Waals surface area contributed by atoms with E-state index in [0.29, 0.717) is 0 Å². The fourth-order valence-corrected chi connectivity index (χ4v) is 20.7. The third-order valence-corrected chi connectivity index (χ3v) is 22.1. The van der Waals surface area contributed by atoms with E-state index >= 15 is 0 Å². The Bertz CT molecular complexity index is 2330. The molecule has 0 fully saturated rings. The van der Waals surface area contributed by atoms with Gasteiger partial charge in [-0.1, -0.05) is 0 Å². The monoisotopic (exact) mass is 912 g/mol. The van der Waals surface area contributed by atoms with Crippen molar-refractivity contribution < 1.29 is 21.0 Å². The van der Waals surface area contributed by atoms with Crippen LogP contribution in [0.25, 0.3) is 33.4 Å². The van der Waals surface area contributed by atoms with Crippen molar-refractivity contribution in [2.75, 3.05) is 0 Å². The zero-order valence-corrected chi connectivity index (χ0v) is 37.5. The second-order valence-electron chi connectivity index (χ2n) is 16.5. The summed E-state index contributed by atoms with van der Waals surface area (Å²) in [6.45, 7) is 14.4. The van der Waals surface area contributed by atoms with Gasteiger partial charge in [-0.2, -0.15) is 0 Å². The van der Waals surface area contributed by atoms with Crippen molar-refractivity contribution in [1.82, 2.24) is 0 Å². The van der Waals surface area contributed by atoms with Gasteiger partial charge in [-0.05, 0) is 0 Å². The molecule has 0 heterocycles. The number of hydrogen-bond donors (Lipinski definition) is 0. The van der Waals surface area contributed by atoms with E-state index in [9.17, 15) is 0 Å². The van der Waals surface area contributed by atoms with E-state index < -0.39 is 21.0 Å². The van der Waals surface area contributed by atoms with E-state index in [1.807, 2.05) is 0 Å². The Balaban J connectivity index is 0.00000249. The Labute approximate surface area is 342 Å². The Morgan fingerprint density at radius 1 is 0.537 bits per heavy atom. The molecule has 0 N–H and O–H groups in total. The molecule has 272 valence electrons. The maximum Gasteiger partial charge on any atom is -0.147 e. The molecule has 0 saturated carbocycles. The molecular weight excluding hydrogens is 862 g/mol. The van der Waals surface area contributed by atoms with Crippen LogP contribution in [0.5, 0.6) is 0 Å². The zero-order valence-electron chi connectivity index (χ0n) is 32.2. The van der Waals surface area contributed by atoms with E-state index in [-0.39, 0.29) is 35.6 Å². The molecule has 0 aromatic heterocycles. The van der Waals surface area contributed by atoms with E-state index in [1.165, 1.54) is 61.2 Å². The average Bonchev–Trinajstić information content (AvgIpc) is 3.82. The predicted molar refractivity (Wildman–Crippen MR) is 235 cm³/mol. The van der Waals surface area contributed by atoms with Gasteiger partial charge in [0.15, 0.2) is 0 Å². The molecule has 0 amide bonds. The van der Waals surface area contributed by atoms with Gasteiger partial charge in [0.05, 0.1) is 0 Å². The third-order valence-electron chi connectivity index (χ3n) is 10.8. The van der Waals surface area contributed by atoms with Gasteiger partial charge in [-0.3, -0.25) is 0 Å². The Morgan fingerprint density at radius 3 is 1.54 bits per heavy atom. The van der Waals surface area contributed by atoms with Crippen LogP contribution in [0.4, 0.5) is 0 Å². The zero-order chi connectivity index (χ0) is 36.0. The van der Waals surface area contributed by atoms with Crippen molar-refractivity contribution in [3.05, 3.63) is 194 Å². The SMILES string of the molecule is CC(C)(C)c1cc2c(cc1-c1ccccc1)Cc1c-2cc(C(C)(C)C)c(-c2ccccc2)[c]1[Hf]([C]1=CC=CC1)=[C](c1ccccc1)c1ccccc1.Cl.Cl. The van der Waals surface area contributed by atoms with Crippen LogP contribution in [0.2, 0.25) is 0 Å². The number of halogens is 2. The fourth-order valence-electron chi connectivity index (χ4n) is 8.37. The predicted octanol–water partition coefficient (Wildman–Crippen LogP) is 13.4. The smallest absolute Gasteiger partial charge is 0.147 e. The largest absolute Gasteiger partial charge is 0.147 e. The number of rotatable bonds is 6. The van der Waals surface area contributed by atoms with E-state index in [0.717, 1.165) is 12.8 Å². The van der Waals surface area contributed by atoms with E-state index in [4.69, 9.17) is 0 Å². The quantitative estimate of drug-likeness (QED) is 0.146. The topological polar surface area (TPSA) is 0 Å². The van der Waals surface area contributed by atoms with Gasteiger partial charge in [0.25, 0.3) is 0 Å². The summed E-state index contributed by atoms with van der Waals surface area (Å²) in [5.41, 5.74) is 16.9. The molecule has 6 aromatic rings. The molecular formula is C51H50Cl2Hf. The van der Waals surface area contributed by atoms with E-state index in [1.54, 1.807) is 15.5 Å². The first-order valence-electron chi connectivity index (χ1n) is 18.8. The van der Waals surface area contributed by atoms with Gasteiger partial charge in [0, 0.05) is 0 Å². The van der Waals surface area contributed by atoms with Crippen LogP contribution in [0.3, 0.4) is 0 Å². The first kappa shape index (κ1) is 39.8.